The molecule has 1 saturated heterocycles. The van der Waals surface area contributed by atoms with E-state index in [9.17, 15) is 4.39 Å². The van der Waals surface area contributed by atoms with Gasteiger partial charge in [-0.1, -0.05) is 6.92 Å². The number of rotatable bonds is 2. The van der Waals surface area contributed by atoms with E-state index in [2.05, 4.69) is 5.32 Å². The fraction of sp³-hybridized carbons (Fsp3) is 1.00. The molecule has 0 spiro atoms. The zero-order valence-electron chi connectivity index (χ0n) is 7.49. The Morgan fingerprint density at radius 3 is 2.45 bits per heavy atom. The first-order valence-corrected chi connectivity index (χ1v) is 4.56. The Kier molecular flexibility index (Phi) is 2.88. The molecule has 1 N–H and O–H groups in total. The highest BCUT2D eigenvalue weighted by molar-refractivity contribution is 4.84. The van der Waals surface area contributed by atoms with E-state index < -0.39 is 5.67 Å². The summed E-state index contributed by atoms with van der Waals surface area (Å²) < 4.78 is 13.7. The Morgan fingerprint density at radius 1 is 1.45 bits per heavy atom. The van der Waals surface area contributed by atoms with Crippen molar-refractivity contribution in [1.82, 2.24) is 5.32 Å². The molecule has 66 valence electrons. The minimum atomic E-state index is -0.928. The highest BCUT2D eigenvalue weighted by atomic mass is 19.1. The summed E-state index contributed by atoms with van der Waals surface area (Å²) in [6.45, 7) is 5.65. The Balaban J connectivity index is 2.43. The number of hydrogen-bond donors (Lipinski definition) is 1. The maximum atomic E-state index is 13.7. The van der Waals surface area contributed by atoms with Gasteiger partial charge in [0.1, 0.15) is 5.67 Å². The average molecular weight is 159 g/mol. The molecule has 1 rings (SSSR count). The number of halogens is 1. The van der Waals surface area contributed by atoms with E-state index in [0.29, 0.717) is 6.42 Å². The number of piperidine rings is 1. The lowest BCUT2D eigenvalue weighted by atomic mass is 9.82. The molecule has 1 aliphatic heterocycles. The van der Waals surface area contributed by atoms with Crippen molar-refractivity contribution in [3.05, 3.63) is 0 Å². The molecule has 1 aliphatic rings. The summed E-state index contributed by atoms with van der Waals surface area (Å²) in [4.78, 5) is 0. The molecule has 1 fully saturated rings. The van der Waals surface area contributed by atoms with Crippen molar-refractivity contribution in [2.75, 3.05) is 13.1 Å². The monoisotopic (exact) mass is 159 g/mol. The summed E-state index contributed by atoms with van der Waals surface area (Å²) in [6, 6.07) is 0. The topological polar surface area (TPSA) is 12.0 Å². The van der Waals surface area contributed by atoms with E-state index in [0.717, 1.165) is 25.9 Å². The van der Waals surface area contributed by atoms with E-state index in [4.69, 9.17) is 0 Å². The van der Waals surface area contributed by atoms with Crippen LogP contribution in [0.25, 0.3) is 0 Å². The van der Waals surface area contributed by atoms with Crippen LogP contribution in [0.5, 0.6) is 0 Å². The lowest BCUT2D eigenvalue weighted by Crippen LogP contribution is -2.38. The van der Waals surface area contributed by atoms with Crippen molar-refractivity contribution in [1.29, 1.82) is 0 Å². The number of hydrogen-bond acceptors (Lipinski definition) is 1. The van der Waals surface area contributed by atoms with Crippen LogP contribution in [0.1, 0.15) is 33.1 Å². The van der Waals surface area contributed by atoms with Gasteiger partial charge in [0.25, 0.3) is 0 Å². The summed E-state index contributed by atoms with van der Waals surface area (Å²) in [5, 5.41) is 3.24. The lowest BCUT2D eigenvalue weighted by Gasteiger charge is -2.32. The van der Waals surface area contributed by atoms with Crippen molar-refractivity contribution < 1.29 is 4.39 Å². The number of alkyl halides is 1. The van der Waals surface area contributed by atoms with Crippen LogP contribution in [0, 0.1) is 5.92 Å². The molecule has 0 aromatic rings. The summed E-state index contributed by atoms with van der Waals surface area (Å²) >= 11 is 0. The van der Waals surface area contributed by atoms with Crippen molar-refractivity contribution in [2.45, 2.75) is 38.8 Å². The maximum absolute atomic E-state index is 13.7. The summed E-state index contributed by atoms with van der Waals surface area (Å²) in [6.07, 6.45) is 2.65. The van der Waals surface area contributed by atoms with Gasteiger partial charge in [0.2, 0.25) is 0 Å². The second-order valence-corrected chi connectivity index (χ2v) is 3.66. The smallest absolute Gasteiger partial charge is 0.110 e. The van der Waals surface area contributed by atoms with Gasteiger partial charge in [0.05, 0.1) is 0 Å². The zero-order valence-corrected chi connectivity index (χ0v) is 7.49. The summed E-state index contributed by atoms with van der Waals surface area (Å²) in [7, 11) is 0. The highest BCUT2D eigenvalue weighted by Gasteiger charge is 2.32. The van der Waals surface area contributed by atoms with Gasteiger partial charge in [-0.25, -0.2) is 4.39 Å². The van der Waals surface area contributed by atoms with Crippen LogP contribution in [-0.2, 0) is 0 Å². The second-order valence-electron chi connectivity index (χ2n) is 3.66. The molecular weight excluding hydrogens is 141 g/mol. The Bertz CT molecular complexity index is 117. The van der Waals surface area contributed by atoms with Gasteiger partial charge in [-0.3, -0.25) is 0 Å². The molecule has 0 bridgehead atoms. The van der Waals surface area contributed by atoms with Crippen LogP contribution in [0.4, 0.5) is 4.39 Å². The quantitative estimate of drug-likeness (QED) is 0.650. The van der Waals surface area contributed by atoms with E-state index in [1.54, 1.807) is 6.92 Å². The average Bonchev–Trinajstić information content (AvgIpc) is 2.06. The molecule has 11 heavy (non-hydrogen) atoms. The molecule has 0 aliphatic carbocycles. The van der Waals surface area contributed by atoms with Gasteiger partial charge in [-0.2, -0.15) is 0 Å². The van der Waals surface area contributed by atoms with Crippen LogP contribution in [-0.4, -0.2) is 18.8 Å². The fourth-order valence-corrected chi connectivity index (χ4v) is 1.71. The van der Waals surface area contributed by atoms with Crippen LogP contribution in [0.3, 0.4) is 0 Å². The van der Waals surface area contributed by atoms with E-state index in [1.165, 1.54) is 0 Å². The van der Waals surface area contributed by atoms with Crippen molar-refractivity contribution >= 4 is 0 Å². The molecule has 1 unspecified atom stereocenters. The van der Waals surface area contributed by atoms with Gasteiger partial charge in [-0.05, 0) is 45.2 Å². The minimum absolute atomic E-state index is 0.286. The van der Waals surface area contributed by atoms with Gasteiger partial charge in [0.15, 0.2) is 0 Å². The predicted octanol–water partition coefficient (Wildman–Crippen LogP) is 2.12. The third-order valence-electron chi connectivity index (χ3n) is 2.88. The predicted molar refractivity (Wildman–Crippen MR) is 45.4 cm³/mol. The zero-order chi connectivity index (χ0) is 8.32. The third kappa shape index (κ3) is 2.16. The minimum Gasteiger partial charge on any atom is -0.317 e. The molecule has 0 saturated carbocycles. The van der Waals surface area contributed by atoms with Crippen molar-refractivity contribution in [3.8, 4) is 0 Å². The molecule has 1 nitrogen and oxygen atoms in total. The van der Waals surface area contributed by atoms with Crippen molar-refractivity contribution in [3.63, 3.8) is 0 Å². The molecule has 1 heterocycles. The standard InChI is InChI=1S/C9H18FN/c1-3-9(2,10)8-4-6-11-7-5-8/h8,11H,3-7H2,1-2H3. The molecule has 0 aromatic carbocycles. The normalized spacial score (nSPS) is 26.5. The van der Waals surface area contributed by atoms with Crippen LogP contribution < -0.4 is 5.32 Å². The van der Waals surface area contributed by atoms with Crippen LogP contribution >= 0.6 is 0 Å². The Hall–Kier alpha value is -0.110. The molecule has 0 amide bonds. The lowest BCUT2D eigenvalue weighted by molar-refractivity contribution is 0.0753. The molecule has 2 heteroatoms. The maximum Gasteiger partial charge on any atom is 0.110 e. The largest absolute Gasteiger partial charge is 0.317 e. The van der Waals surface area contributed by atoms with Crippen molar-refractivity contribution in [2.24, 2.45) is 5.92 Å². The first kappa shape index (κ1) is 8.98. The number of nitrogens with one attached hydrogen (secondary N) is 1. The van der Waals surface area contributed by atoms with Crippen LogP contribution in [0.15, 0.2) is 0 Å². The van der Waals surface area contributed by atoms with Gasteiger partial charge < -0.3 is 5.32 Å². The molecule has 0 radical (unpaired) electrons. The SMILES string of the molecule is CCC(C)(F)C1CCNCC1. The fourth-order valence-electron chi connectivity index (χ4n) is 1.71. The summed E-state index contributed by atoms with van der Waals surface area (Å²) in [5.74, 6) is 0.286. The van der Waals surface area contributed by atoms with E-state index in [1.807, 2.05) is 6.92 Å². The summed E-state index contributed by atoms with van der Waals surface area (Å²) in [5.41, 5.74) is -0.928. The van der Waals surface area contributed by atoms with E-state index in [-0.39, 0.29) is 5.92 Å². The van der Waals surface area contributed by atoms with Crippen LogP contribution in [0.2, 0.25) is 0 Å². The Labute approximate surface area is 68.4 Å². The first-order chi connectivity index (χ1) is 5.17. The second kappa shape index (κ2) is 3.53. The molecular formula is C9H18FN. The highest BCUT2D eigenvalue weighted by Crippen LogP contribution is 2.31. The van der Waals surface area contributed by atoms with Gasteiger partial charge >= 0.3 is 0 Å². The van der Waals surface area contributed by atoms with E-state index >= 15 is 0 Å². The third-order valence-corrected chi connectivity index (χ3v) is 2.88. The van der Waals surface area contributed by atoms with Gasteiger partial charge in [-0.15, -0.1) is 0 Å². The Morgan fingerprint density at radius 2 is 2.00 bits per heavy atom. The van der Waals surface area contributed by atoms with Gasteiger partial charge in [0, 0.05) is 0 Å². The first-order valence-electron chi connectivity index (χ1n) is 4.56. The molecule has 0 aromatic heterocycles. The molecule has 1 atom stereocenters.